The molecular weight excluding hydrogens is 206 g/mol. The minimum absolute atomic E-state index is 0.227. The lowest BCUT2D eigenvalue weighted by atomic mass is 10.3. The van der Waals surface area contributed by atoms with Gasteiger partial charge in [0, 0.05) is 6.07 Å². The summed E-state index contributed by atoms with van der Waals surface area (Å²) >= 11 is 0. The van der Waals surface area contributed by atoms with Gasteiger partial charge in [0.05, 0.1) is 17.2 Å². The van der Waals surface area contributed by atoms with Crippen LogP contribution in [0.2, 0.25) is 0 Å². The Kier molecular flexibility index (Phi) is 2.97. The second-order valence-corrected chi connectivity index (χ2v) is 4.03. The van der Waals surface area contributed by atoms with Crippen molar-refractivity contribution in [2.24, 2.45) is 0 Å². The molecule has 6 heteroatoms. The van der Waals surface area contributed by atoms with Crippen molar-refractivity contribution in [3.05, 3.63) is 18.2 Å². The molecule has 0 saturated carbocycles. The van der Waals surface area contributed by atoms with Crippen molar-refractivity contribution in [2.75, 3.05) is 12.3 Å². The van der Waals surface area contributed by atoms with Crippen molar-refractivity contribution < 1.29 is 17.7 Å². The highest BCUT2D eigenvalue weighted by molar-refractivity contribution is 7.85. The van der Waals surface area contributed by atoms with E-state index < -0.39 is 10.1 Å². The third-order valence-corrected chi connectivity index (χ3v) is 2.43. The third kappa shape index (κ3) is 2.36. The number of nitrogen functional groups attached to an aromatic ring is 1. The van der Waals surface area contributed by atoms with Crippen LogP contribution in [0.5, 0.6) is 5.75 Å². The Balaban J connectivity index is 3.20. The van der Waals surface area contributed by atoms with Gasteiger partial charge in [-0.15, -0.1) is 0 Å². The van der Waals surface area contributed by atoms with Crippen LogP contribution in [-0.4, -0.2) is 19.6 Å². The van der Waals surface area contributed by atoms with Crippen molar-refractivity contribution in [3.63, 3.8) is 0 Å². The lowest BCUT2D eigenvalue weighted by molar-refractivity contribution is 0.341. The molecule has 0 atom stereocenters. The quantitative estimate of drug-likeness (QED) is 0.580. The minimum Gasteiger partial charge on any atom is -0.492 e. The van der Waals surface area contributed by atoms with E-state index in [2.05, 4.69) is 0 Å². The topological polar surface area (TPSA) is 89.6 Å². The number of anilines is 1. The number of rotatable bonds is 3. The molecule has 3 N–H and O–H groups in total. The number of ether oxygens (including phenoxy) is 1. The second kappa shape index (κ2) is 3.85. The lowest BCUT2D eigenvalue weighted by Crippen LogP contribution is -2.02. The zero-order chi connectivity index (χ0) is 10.8. The zero-order valence-electron chi connectivity index (χ0n) is 7.60. The van der Waals surface area contributed by atoms with Crippen LogP contribution in [0.15, 0.2) is 23.1 Å². The summed E-state index contributed by atoms with van der Waals surface area (Å²) in [6, 6.07) is 3.77. The first-order chi connectivity index (χ1) is 6.45. The van der Waals surface area contributed by atoms with Crippen molar-refractivity contribution in [1.29, 1.82) is 0 Å². The Morgan fingerprint density at radius 1 is 1.50 bits per heavy atom. The van der Waals surface area contributed by atoms with Crippen LogP contribution in [0.25, 0.3) is 0 Å². The van der Waals surface area contributed by atoms with E-state index in [1.165, 1.54) is 18.2 Å². The fraction of sp³-hybridized carbons (Fsp3) is 0.250. The minimum atomic E-state index is -4.20. The van der Waals surface area contributed by atoms with Gasteiger partial charge in [0.25, 0.3) is 10.1 Å². The average Bonchev–Trinajstić information content (AvgIpc) is 2.07. The van der Waals surface area contributed by atoms with Crippen LogP contribution in [0.1, 0.15) is 6.92 Å². The maximum absolute atomic E-state index is 10.8. The molecule has 14 heavy (non-hydrogen) atoms. The van der Waals surface area contributed by atoms with E-state index in [0.717, 1.165) is 0 Å². The van der Waals surface area contributed by atoms with Crippen LogP contribution in [0.3, 0.4) is 0 Å². The number of nitrogens with two attached hydrogens (primary N) is 1. The maximum Gasteiger partial charge on any atom is 0.294 e. The molecule has 78 valence electrons. The fourth-order valence-electron chi connectivity index (χ4n) is 0.956. The van der Waals surface area contributed by atoms with Gasteiger partial charge in [-0.3, -0.25) is 4.55 Å². The summed E-state index contributed by atoms with van der Waals surface area (Å²) < 4.78 is 35.3. The van der Waals surface area contributed by atoms with E-state index in [1.54, 1.807) is 6.92 Å². The van der Waals surface area contributed by atoms with E-state index in [-0.39, 0.29) is 10.6 Å². The first-order valence-corrected chi connectivity index (χ1v) is 5.39. The summed E-state index contributed by atoms with van der Waals surface area (Å²) in [5, 5.41) is 0. The van der Waals surface area contributed by atoms with E-state index >= 15 is 0 Å². The molecule has 0 heterocycles. The van der Waals surface area contributed by atoms with Crippen molar-refractivity contribution in [1.82, 2.24) is 0 Å². The van der Waals surface area contributed by atoms with Gasteiger partial charge in [0.15, 0.2) is 0 Å². The van der Waals surface area contributed by atoms with E-state index in [1.807, 2.05) is 0 Å². The van der Waals surface area contributed by atoms with Gasteiger partial charge in [-0.05, 0) is 19.1 Å². The van der Waals surface area contributed by atoms with Gasteiger partial charge >= 0.3 is 0 Å². The SMILES string of the molecule is CCOc1cc(S(=O)(=O)O)ccc1N. The molecule has 1 aromatic rings. The summed E-state index contributed by atoms with van der Waals surface area (Å²) in [6.07, 6.45) is 0. The van der Waals surface area contributed by atoms with Crippen LogP contribution >= 0.6 is 0 Å². The molecule has 0 aliphatic heterocycles. The molecule has 0 radical (unpaired) electrons. The van der Waals surface area contributed by atoms with Crippen LogP contribution in [0, 0.1) is 0 Å². The van der Waals surface area contributed by atoms with Crippen LogP contribution in [-0.2, 0) is 10.1 Å². The number of hydrogen-bond donors (Lipinski definition) is 2. The molecule has 0 aliphatic carbocycles. The second-order valence-electron chi connectivity index (χ2n) is 2.61. The van der Waals surface area contributed by atoms with E-state index in [0.29, 0.717) is 12.3 Å². The molecule has 1 aromatic carbocycles. The Morgan fingerprint density at radius 3 is 2.64 bits per heavy atom. The molecule has 5 nitrogen and oxygen atoms in total. The molecule has 0 saturated heterocycles. The largest absolute Gasteiger partial charge is 0.492 e. The smallest absolute Gasteiger partial charge is 0.294 e. The molecular formula is C8H11NO4S. The number of hydrogen-bond acceptors (Lipinski definition) is 4. The predicted octanol–water partition coefficient (Wildman–Crippen LogP) is 0.914. The molecule has 1 rings (SSSR count). The summed E-state index contributed by atoms with van der Waals surface area (Å²) in [4.78, 5) is -0.227. The zero-order valence-corrected chi connectivity index (χ0v) is 8.41. The summed E-state index contributed by atoms with van der Waals surface area (Å²) in [5.74, 6) is 0.252. The highest BCUT2D eigenvalue weighted by Crippen LogP contribution is 2.24. The predicted molar refractivity (Wildman–Crippen MR) is 51.8 cm³/mol. The fourth-order valence-corrected chi connectivity index (χ4v) is 1.45. The average molecular weight is 217 g/mol. The Hall–Kier alpha value is -1.27. The van der Waals surface area contributed by atoms with Gasteiger partial charge in [-0.1, -0.05) is 0 Å². The molecule has 0 aliphatic rings. The third-order valence-electron chi connectivity index (χ3n) is 1.58. The van der Waals surface area contributed by atoms with Gasteiger partial charge in [-0.2, -0.15) is 8.42 Å². The van der Waals surface area contributed by atoms with Gasteiger partial charge in [-0.25, -0.2) is 0 Å². The molecule has 0 aromatic heterocycles. The van der Waals surface area contributed by atoms with E-state index in [4.69, 9.17) is 15.0 Å². The van der Waals surface area contributed by atoms with Crippen LogP contribution < -0.4 is 10.5 Å². The maximum atomic E-state index is 10.8. The lowest BCUT2D eigenvalue weighted by Gasteiger charge is -2.07. The van der Waals surface area contributed by atoms with Crippen LogP contribution in [0.4, 0.5) is 5.69 Å². The van der Waals surface area contributed by atoms with Gasteiger partial charge < -0.3 is 10.5 Å². The number of benzene rings is 1. The summed E-state index contributed by atoms with van der Waals surface area (Å²) in [5.41, 5.74) is 5.85. The highest BCUT2D eigenvalue weighted by Gasteiger charge is 2.11. The van der Waals surface area contributed by atoms with Crippen molar-refractivity contribution in [3.8, 4) is 5.75 Å². The monoisotopic (exact) mass is 217 g/mol. The van der Waals surface area contributed by atoms with Crippen molar-refractivity contribution >= 4 is 15.8 Å². The highest BCUT2D eigenvalue weighted by atomic mass is 32.2. The Bertz CT molecular complexity index is 427. The van der Waals surface area contributed by atoms with Crippen molar-refractivity contribution in [2.45, 2.75) is 11.8 Å². The van der Waals surface area contributed by atoms with Gasteiger partial charge in [0.1, 0.15) is 5.75 Å². The molecule has 0 unspecified atom stereocenters. The normalized spacial score (nSPS) is 11.3. The molecule has 0 fully saturated rings. The van der Waals surface area contributed by atoms with E-state index in [9.17, 15) is 8.42 Å². The summed E-state index contributed by atoms with van der Waals surface area (Å²) in [6.45, 7) is 2.12. The first kappa shape index (κ1) is 10.8. The standard InChI is InChI=1S/C8H11NO4S/c1-2-13-8-5-6(14(10,11)12)3-4-7(8)9/h3-5H,2,9H2,1H3,(H,10,11,12). The Morgan fingerprint density at radius 2 is 2.14 bits per heavy atom. The Labute approximate surface area is 82.2 Å². The molecule has 0 bridgehead atoms. The first-order valence-electron chi connectivity index (χ1n) is 3.95. The molecule has 0 spiro atoms. The van der Waals surface area contributed by atoms with Gasteiger partial charge in [0.2, 0.25) is 0 Å². The summed E-state index contributed by atoms with van der Waals surface area (Å²) in [7, 11) is -4.20. The molecule has 0 amide bonds.